The van der Waals surface area contributed by atoms with Gasteiger partial charge in [0, 0.05) is 24.9 Å². The lowest BCUT2D eigenvalue weighted by atomic mass is 9.99. The van der Waals surface area contributed by atoms with Crippen LogP contribution >= 0.6 is 7.26 Å². The van der Waals surface area contributed by atoms with Crippen LogP contribution in [0.3, 0.4) is 0 Å². The van der Waals surface area contributed by atoms with E-state index in [1.165, 1.54) is 93.0 Å². The average Bonchev–Trinajstić information content (AvgIpc) is 3.65. The summed E-state index contributed by atoms with van der Waals surface area (Å²) in [6.45, 7) is 4.50. The van der Waals surface area contributed by atoms with Gasteiger partial charge in [0.1, 0.15) is 28.8 Å². The summed E-state index contributed by atoms with van der Waals surface area (Å²) in [6.07, 6.45) is 25.7. The molecule has 4 rings (SSSR count). The first-order valence-electron chi connectivity index (χ1n) is 18.3. The Hall–Kier alpha value is -3.03. The highest BCUT2D eigenvalue weighted by atomic mass is 31.2. The van der Waals surface area contributed by atoms with Gasteiger partial charge in [-0.05, 0) is 49.2 Å². The first kappa shape index (κ1) is 35.8. The zero-order valence-corrected chi connectivity index (χ0v) is 29.5. The Labute approximate surface area is 280 Å². The van der Waals surface area contributed by atoms with Crippen molar-refractivity contribution >= 4 is 29.0 Å². The van der Waals surface area contributed by atoms with Crippen LogP contribution < -0.4 is 15.9 Å². The number of benzene rings is 3. The molecule has 1 aromatic heterocycles. The van der Waals surface area contributed by atoms with Gasteiger partial charge in [0.15, 0.2) is 5.78 Å². The van der Waals surface area contributed by atoms with Crippen LogP contribution in [0, 0.1) is 0 Å². The zero-order valence-electron chi connectivity index (χ0n) is 28.6. The largest absolute Gasteiger partial charge is 0.334 e. The Morgan fingerprint density at radius 1 is 0.630 bits per heavy atom. The first-order chi connectivity index (χ1) is 22.7. The molecule has 0 fully saturated rings. The molecule has 0 aliphatic rings. The molecule has 0 amide bonds. The third-order valence-corrected chi connectivity index (χ3v) is 14.7. The molecule has 4 heteroatoms. The fourth-order valence-electron chi connectivity index (χ4n) is 7.30. The van der Waals surface area contributed by atoms with E-state index in [4.69, 9.17) is 0 Å². The fourth-order valence-corrected chi connectivity index (χ4v) is 12.3. The minimum Gasteiger partial charge on any atom is -0.334 e. The van der Waals surface area contributed by atoms with Gasteiger partial charge in [0.05, 0.1) is 6.33 Å². The molecule has 0 spiro atoms. The molecule has 3 aromatic carbocycles. The quantitative estimate of drug-likeness (QED) is 0.0599. The summed E-state index contributed by atoms with van der Waals surface area (Å²) in [5, 5.41) is 3.84. The lowest BCUT2D eigenvalue weighted by Gasteiger charge is -2.34. The molecular formula is C42H58N2OP+. The molecule has 0 aliphatic heterocycles. The number of hydrogen-bond donors (Lipinski definition) is 0. The van der Waals surface area contributed by atoms with E-state index >= 15 is 0 Å². The Balaban J connectivity index is 1.43. The van der Waals surface area contributed by atoms with Gasteiger partial charge in [-0.3, -0.25) is 4.79 Å². The summed E-state index contributed by atoms with van der Waals surface area (Å²) < 4.78 is 2.19. The molecule has 0 saturated heterocycles. The van der Waals surface area contributed by atoms with Crippen LogP contribution in [0.15, 0.2) is 110 Å². The monoisotopic (exact) mass is 637 g/mol. The van der Waals surface area contributed by atoms with Crippen LogP contribution in [0.5, 0.6) is 0 Å². The number of nitrogens with zero attached hydrogens (tertiary/aromatic N) is 2. The SMILES string of the molecule is CCCCCCCCCCCCCCCC(CC(=O)C(CC)[P+](c1ccccc1)(c1ccccc1)c1ccccc1)n1ccnc1. The molecule has 0 radical (unpaired) electrons. The average molecular weight is 638 g/mol. The van der Waals surface area contributed by atoms with Gasteiger partial charge >= 0.3 is 0 Å². The van der Waals surface area contributed by atoms with Crippen molar-refractivity contribution in [2.45, 2.75) is 128 Å². The highest BCUT2D eigenvalue weighted by molar-refractivity contribution is 7.96. The maximum absolute atomic E-state index is 14.8. The Morgan fingerprint density at radius 2 is 1.07 bits per heavy atom. The summed E-state index contributed by atoms with van der Waals surface area (Å²) in [4.78, 5) is 19.2. The smallest absolute Gasteiger partial charge is 0.176 e. The van der Waals surface area contributed by atoms with Gasteiger partial charge in [0.25, 0.3) is 0 Å². The number of ketones is 1. The van der Waals surface area contributed by atoms with E-state index in [1.54, 1.807) is 0 Å². The van der Waals surface area contributed by atoms with Gasteiger partial charge in [-0.25, -0.2) is 4.98 Å². The summed E-state index contributed by atoms with van der Waals surface area (Å²) in [5.74, 6) is 0.376. The topological polar surface area (TPSA) is 34.9 Å². The van der Waals surface area contributed by atoms with E-state index in [2.05, 4.69) is 121 Å². The molecule has 4 aromatic rings. The van der Waals surface area contributed by atoms with E-state index < -0.39 is 7.26 Å². The number of aromatic nitrogens is 2. The van der Waals surface area contributed by atoms with Crippen LogP contribution in [0.1, 0.15) is 123 Å². The second kappa shape index (κ2) is 20.3. The summed E-state index contributed by atoms with van der Waals surface area (Å²) in [7, 11) is -2.29. The number of unbranched alkanes of at least 4 members (excludes halogenated alkanes) is 12. The molecule has 246 valence electrons. The van der Waals surface area contributed by atoms with Crippen molar-refractivity contribution in [1.82, 2.24) is 9.55 Å². The van der Waals surface area contributed by atoms with Crippen LogP contribution in [0.2, 0.25) is 0 Å². The third kappa shape index (κ3) is 9.98. The minimum atomic E-state index is -2.29. The molecule has 0 saturated carbocycles. The van der Waals surface area contributed by atoms with Gasteiger partial charge in [-0.2, -0.15) is 0 Å². The van der Waals surface area contributed by atoms with Gasteiger partial charge in [-0.1, -0.05) is 152 Å². The van der Waals surface area contributed by atoms with E-state index in [1.807, 2.05) is 12.5 Å². The number of Topliss-reactive ketones (excluding diaryl/α,β-unsaturated/α-hetero) is 1. The highest BCUT2D eigenvalue weighted by Crippen LogP contribution is 2.61. The number of imidazole rings is 1. The number of carbonyl (C=O) groups is 1. The molecule has 0 aliphatic carbocycles. The Kier molecular flexibility index (Phi) is 15.8. The molecular weight excluding hydrogens is 579 g/mol. The lowest BCUT2D eigenvalue weighted by Crippen LogP contribution is -2.42. The van der Waals surface area contributed by atoms with Crippen LogP contribution in [-0.2, 0) is 4.79 Å². The van der Waals surface area contributed by atoms with Crippen LogP contribution in [0.25, 0.3) is 0 Å². The molecule has 3 nitrogen and oxygen atoms in total. The number of rotatable bonds is 23. The summed E-state index contributed by atoms with van der Waals surface area (Å²) >= 11 is 0. The maximum Gasteiger partial charge on any atom is 0.176 e. The van der Waals surface area contributed by atoms with Gasteiger partial charge < -0.3 is 4.57 Å². The van der Waals surface area contributed by atoms with Crippen molar-refractivity contribution in [2.75, 3.05) is 0 Å². The van der Waals surface area contributed by atoms with Crippen molar-refractivity contribution in [3.8, 4) is 0 Å². The van der Waals surface area contributed by atoms with Crippen molar-refractivity contribution in [3.63, 3.8) is 0 Å². The first-order valence-corrected chi connectivity index (χ1v) is 20.1. The molecule has 1 heterocycles. The second-order valence-corrected chi connectivity index (χ2v) is 16.6. The molecule has 2 unspecified atom stereocenters. The highest BCUT2D eigenvalue weighted by Gasteiger charge is 2.54. The molecule has 0 N–H and O–H groups in total. The van der Waals surface area contributed by atoms with E-state index in [0.29, 0.717) is 12.2 Å². The van der Waals surface area contributed by atoms with Gasteiger partial charge in [-0.15, -0.1) is 0 Å². The second-order valence-electron chi connectivity index (χ2n) is 13.0. The number of hydrogen-bond acceptors (Lipinski definition) is 2. The molecule has 2 atom stereocenters. The lowest BCUT2D eigenvalue weighted by molar-refractivity contribution is -0.119. The van der Waals surface area contributed by atoms with E-state index in [0.717, 1.165) is 19.3 Å². The van der Waals surface area contributed by atoms with Crippen molar-refractivity contribution < 1.29 is 4.79 Å². The van der Waals surface area contributed by atoms with E-state index in [9.17, 15) is 4.79 Å². The molecule has 46 heavy (non-hydrogen) atoms. The predicted octanol–water partition coefficient (Wildman–Crippen LogP) is 10.6. The van der Waals surface area contributed by atoms with Crippen LogP contribution in [0.4, 0.5) is 0 Å². The van der Waals surface area contributed by atoms with E-state index in [-0.39, 0.29) is 11.7 Å². The summed E-state index contributed by atoms with van der Waals surface area (Å²) in [6, 6.07) is 32.7. The standard InChI is InChI=1S/C42H58N2OP/c1-3-5-6-7-8-9-10-11-12-13-14-15-19-26-37(44-34-33-43-36-44)35-41(45)42(4-2)46(38-27-20-16-21-28-38,39-29-22-17-23-30-39)40-31-24-18-25-32-40/h16-18,20-25,27-34,36-37,42H,3-15,19,26,35H2,1-2H3/q+1. The zero-order chi connectivity index (χ0) is 32.3. The minimum absolute atomic E-state index is 0.0997. The Bertz CT molecular complexity index is 1240. The van der Waals surface area contributed by atoms with Gasteiger partial charge in [0.2, 0.25) is 0 Å². The summed E-state index contributed by atoms with van der Waals surface area (Å²) in [5.41, 5.74) is -0.0997. The van der Waals surface area contributed by atoms with Crippen molar-refractivity contribution in [3.05, 3.63) is 110 Å². The molecule has 0 bridgehead atoms. The van der Waals surface area contributed by atoms with Crippen molar-refractivity contribution in [2.24, 2.45) is 0 Å². The predicted molar refractivity (Wildman–Crippen MR) is 200 cm³/mol. The number of carbonyl (C=O) groups excluding carboxylic acids is 1. The third-order valence-electron chi connectivity index (χ3n) is 9.74. The van der Waals surface area contributed by atoms with Crippen molar-refractivity contribution in [1.29, 1.82) is 0 Å². The fraction of sp³-hybridized carbons (Fsp3) is 0.476. The maximum atomic E-state index is 14.8. The normalized spacial score (nSPS) is 13.0. The Morgan fingerprint density at radius 3 is 1.46 bits per heavy atom. The van der Waals surface area contributed by atoms with Crippen LogP contribution in [-0.4, -0.2) is 21.0 Å².